The number of carbonyl (C=O) groups is 2. The quantitative estimate of drug-likeness (QED) is 0.669. The van der Waals surface area contributed by atoms with Crippen LogP contribution in [-0.2, 0) is 24.3 Å². The van der Waals surface area contributed by atoms with Gasteiger partial charge in [-0.1, -0.05) is 12.1 Å². The van der Waals surface area contributed by atoms with E-state index in [0.717, 1.165) is 23.4 Å². The monoisotopic (exact) mass is 384 g/mol. The number of rotatable bonds is 8. The Morgan fingerprint density at radius 1 is 1.35 bits per heavy atom. The lowest BCUT2D eigenvalue weighted by atomic mass is 10.2. The van der Waals surface area contributed by atoms with Crippen LogP contribution < -0.4 is 9.62 Å². The highest BCUT2D eigenvalue weighted by Gasteiger charge is 2.26. The molecular weight excluding hydrogens is 360 g/mol. The van der Waals surface area contributed by atoms with Gasteiger partial charge in [0.15, 0.2) is 0 Å². The molecule has 1 aromatic carbocycles. The van der Waals surface area contributed by atoms with Crippen molar-refractivity contribution in [2.45, 2.75) is 25.9 Å². The summed E-state index contributed by atoms with van der Waals surface area (Å²) in [6.45, 7) is 2.39. The summed E-state index contributed by atoms with van der Waals surface area (Å²) in [5.41, 5.74) is 0.201. The van der Waals surface area contributed by atoms with Crippen LogP contribution in [0.2, 0.25) is 0 Å². The Kier molecular flexibility index (Phi) is 6.98. The predicted octanol–water partition coefficient (Wildman–Crippen LogP) is 0.925. The van der Waals surface area contributed by atoms with E-state index in [-0.39, 0.29) is 24.0 Å². The number of hydrogen-bond donors (Lipinski definition) is 1. The molecule has 1 saturated heterocycles. The average Bonchev–Trinajstić information content (AvgIpc) is 3.10. The Morgan fingerprint density at radius 3 is 2.69 bits per heavy atom. The molecule has 144 valence electrons. The number of amides is 1. The first kappa shape index (κ1) is 20.2. The van der Waals surface area contributed by atoms with Crippen molar-refractivity contribution >= 4 is 27.6 Å². The molecule has 0 aromatic heterocycles. The average molecular weight is 384 g/mol. The molecule has 0 bridgehead atoms. The third-order valence-electron chi connectivity index (χ3n) is 3.91. The zero-order valence-electron chi connectivity index (χ0n) is 14.9. The van der Waals surface area contributed by atoms with Crippen LogP contribution in [0.25, 0.3) is 0 Å². The SMILES string of the molecule is CCOC(=O)c1ccccc1N(CC(=O)NCC1CCCO1)S(C)(=O)=O. The van der Waals surface area contributed by atoms with Crippen LogP contribution in [0.1, 0.15) is 30.1 Å². The van der Waals surface area contributed by atoms with Gasteiger partial charge >= 0.3 is 5.97 Å². The van der Waals surface area contributed by atoms with Gasteiger partial charge in [0, 0.05) is 13.2 Å². The highest BCUT2D eigenvalue weighted by Crippen LogP contribution is 2.23. The lowest BCUT2D eigenvalue weighted by Crippen LogP contribution is -2.43. The van der Waals surface area contributed by atoms with Gasteiger partial charge in [0.05, 0.1) is 30.2 Å². The molecule has 2 rings (SSSR count). The molecule has 9 heteroatoms. The molecule has 1 amide bonds. The standard InChI is InChI=1S/C17H24N2O6S/c1-3-24-17(21)14-8-4-5-9-15(14)19(26(2,22)23)12-16(20)18-11-13-7-6-10-25-13/h4-5,8-9,13H,3,6-7,10-12H2,1-2H3,(H,18,20). The van der Waals surface area contributed by atoms with Gasteiger partial charge in [0.1, 0.15) is 6.54 Å². The van der Waals surface area contributed by atoms with Crippen molar-refractivity contribution in [1.29, 1.82) is 0 Å². The highest BCUT2D eigenvalue weighted by atomic mass is 32.2. The Balaban J connectivity index is 2.17. The molecule has 1 fully saturated rings. The predicted molar refractivity (Wildman–Crippen MR) is 96.6 cm³/mol. The van der Waals surface area contributed by atoms with Gasteiger partial charge in [0.25, 0.3) is 0 Å². The smallest absolute Gasteiger partial charge is 0.340 e. The van der Waals surface area contributed by atoms with Crippen LogP contribution in [0.3, 0.4) is 0 Å². The molecule has 1 unspecified atom stereocenters. The Labute approximate surface area is 153 Å². The van der Waals surface area contributed by atoms with Crippen LogP contribution in [0, 0.1) is 0 Å². The van der Waals surface area contributed by atoms with Crippen LogP contribution >= 0.6 is 0 Å². The summed E-state index contributed by atoms with van der Waals surface area (Å²) in [5.74, 6) is -1.11. The van der Waals surface area contributed by atoms with Crippen LogP contribution in [0.4, 0.5) is 5.69 Å². The topological polar surface area (TPSA) is 102 Å². The third-order valence-corrected chi connectivity index (χ3v) is 5.03. The number of ether oxygens (including phenoxy) is 2. The van der Waals surface area contributed by atoms with Crippen LogP contribution in [0.15, 0.2) is 24.3 Å². The van der Waals surface area contributed by atoms with E-state index in [1.165, 1.54) is 12.1 Å². The molecule has 1 aliphatic rings. The maximum absolute atomic E-state index is 12.2. The van der Waals surface area contributed by atoms with Crippen molar-refractivity contribution in [2.75, 3.05) is 36.9 Å². The first-order chi connectivity index (χ1) is 12.3. The lowest BCUT2D eigenvalue weighted by Gasteiger charge is -2.24. The second kappa shape index (κ2) is 9.00. The zero-order chi connectivity index (χ0) is 19.2. The molecule has 1 aromatic rings. The van der Waals surface area contributed by atoms with E-state index in [1.807, 2.05) is 0 Å². The summed E-state index contributed by atoms with van der Waals surface area (Å²) in [5, 5.41) is 2.68. The summed E-state index contributed by atoms with van der Waals surface area (Å²) in [6, 6.07) is 6.14. The number of benzene rings is 1. The normalized spacial score (nSPS) is 16.9. The van der Waals surface area contributed by atoms with E-state index in [1.54, 1.807) is 19.1 Å². The first-order valence-electron chi connectivity index (χ1n) is 8.45. The van der Waals surface area contributed by atoms with Crippen molar-refractivity contribution in [3.63, 3.8) is 0 Å². The van der Waals surface area contributed by atoms with Gasteiger partial charge in [0.2, 0.25) is 15.9 Å². The maximum Gasteiger partial charge on any atom is 0.340 e. The molecule has 1 atom stereocenters. The number of sulfonamides is 1. The van der Waals surface area contributed by atoms with Crippen LogP contribution in [-0.4, -0.2) is 59.0 Å². The van der Waals surface area contributed by atoms with E-state index in [2.05, 4.69) is 5.32 Å². The zero-order valence-corrected chi connectivity index (χ0v) is 15.8. The molecule has 26 heavy (non-hydrogen) atoms. The number of nitrogens with one attached hydrogen (secondary N) is 1. The summed E-state index contributed by atoms with van der Waals surface area (Å²) in [4.78, 5) is 24.4. The third kappa shape index (κ3) is 5.43. The summed E-state index contributed by atoms with van der Waals surface area (Å²) in [6.07, 6.45) is 2.75. The van der Waals surface area contributed by atoms with Gasteiger partial charge in [-0.2, -0.15) is 0 Å². The van der Waals surface area contributed by atoms with Gasteiger partial charge < -0.3 is 14.8 Å². The minimum atomic E-state index is -3.79. The van der Waals surface area contributed by atoms with Crippen molar-refractivity contribution in [3.05, 3.63) is 29.8 Å². The van der Waals surface area contributed by atoms with Crippen molar-refractivity contribution in [2.24, 2.45) is 0 Å². The van der Waals surface area contributed by atoms with Gasteiger partial charge in [-0.15, -0.1) is 0 Å². The lowest BCUT2D eigenvalue weighted by molar-refractivity contribution is -0.120. The summed E-state index contributed by atoms with van der Waals surface area (Å²) < 4.78 is 35.8. The van der Waals surface area contributed by atoms with E-state index < -0.39 is 28.4 Å². The molecule has 1 aliphatic heterocycles. The number of carbonyl (C=O) groups excluding carboxylic acids is 2. The second-order valence-corrected chi connectivity index (χ2v) is 7.85. The fourth-order valence-electron chi connectivity index (χ4n) is 2.67. The molecular formula is C17H24N2O6S. The van der Waals surface area contributed by atoms with Crippen molar-refractivity contribution in [1.82, 2.24) is 5.32 Å². The molecule has 0 radical (unpaired) electrons. The molecule has 0 spiro atoms. The molecule has 0 aliphatic carbocycles. The summed E-state index contributed by atoms with van der Waals surface area (Å²) in [7, 11) is -3.79. The first-order valence-corrected chi connectivity index (χ1v) is 10.3. The molecule has 8 nitrogen and oxygen atoms in total. The number of nitrogens with zero attached hydrogens (tertiary/aromatic N) is 1. The van der Waals surface area contributed by atoms with Gasteiger partial charge in [-0.25, -0.2) is 13.2 Å². The minimum Gasteiger partial charge on any atom is -0.462 e. The van der Waals surface area contributed by atoms with Crippen LogP contribution in [0.5, 0.6) is 0 Å². The Hall–Kier alpha value is -2.13. The van der Waals surface area contributed by atoms with Crippen molar-refractivity contribution in [3.8, 4) is 0 Å². The Bertz CT molecular complexity index is 743. The maximum atomic E-state index is 12.2. The van der Waals surface area contributed by atoms with E-state index in [4.69, 9.17) is 9.47 Å². The summed E-state index contributed by atoms with van der Waals surface area (Å²) >= 11 is 0. The Morgan fingerprint density at radius 2 is 2.08 bits per heavy atom. The number of anilines is 1. The fraction of sp³-hybridized carbons (Fsp3) is 0.529. The van der Waals surface area contributed by atoms with E-state index >= 15 is 0 Å². The second-order valence-electron chi connectivity index (χ2n) is 5.95. The minimum absolute atomic E-state index is 0.0440. The van der Waals surface area contributed by atoms with E-state index in [9.17, 15) is 18.0 Å². The fourth-order valence-corrected chi connectivity index (χ4v) is 3.54. The largest absolute Gasteiger partial charge is 0.462 e. The molecule has 1 heterocycles. The van der Waals surface area contributed by atoms with Crippen molar-refractivity contribution < 1.29 is 27.5 Å². The number of para-hydroxylation sites is 1. The number of esters is 1. The number of hydrogen-bond acceptors (Lipinski definition) is 6. The van der Waals surface area contributed by atoms with Gasteiger partial charge in [-0.3, -0.25) is 9.10 Å². The molecule has 1 N–H and O–H groups in total. The highest BCUT2D eigenvalue weighted by molar-refractivity contribution is 7.92. The molecule has 0 saturated carbocycles. The van der Waals surface area contributed by atoms with E-state index in [0.29, 0.717) is 13.2 Å². The van der Waals surface area contributed by atoms with Gasteiger partial charge in [-0.05, 0) is 31.9 Å².